The lowest BCUT2D eigenvalue weighted by atomic mass is 9.74. The Morgan fingerprint density at radius 2 is 1.78 bits per heavy atom. The summed E-state index contributed by atoms with van der Waals surface area (Å²) in [6.07, 6.45) is 10.2. The normalized spacial score (nSPS) is 28.9. The van der Waals surface area contributed by atoms with Crippen molar-refractivity contribution < 1.29 is 37.8 Å². The molecule has 280 valence electrons. The number of unbranched alkanes of at least 4 members (excludes halogenated alkanes) is 1. The Morgan fingerprint density at radius 1 is 1.06 bits per heavy atom. The highest BCUT2D eigenvalue weighted by Gasteiger charge is 2.81. The first-order valence-corrected chi connectivity index (χ1v) is 18.9. The number of aromatic nitrogens is 1. The summed E-state index contributed by atoms with van der Waals surface area (Å²) in [4.78, 5) is 95.3. The number of rotatable bonds is 16. The van der Waals surface area contributed by atoms with E-state index in [0.717, 1.165) is 57.2 Å². The van der Waals surface area contributed by atoms with E-state index in [2.05, 4.69) is 21.1 Å². The van der Waals surface area contributed by atoms with Gasteiger partial charge in [-0.3, -0.25) is 24.0 Å². The van der Waals surface area contributed by atoms with Crippen molar-refractivity contribution in [2.24, 2.45) is 17.3 Å². The van der Waals surface area contributed by atoms with Crippen molar-refractivity contribution >= 4 is 36.2 Å². The molecule has 4 amide bonds. The molecule has 0 spiro atoms. The first-order chi connectivity index (χ1) is 24.3. The van der Waals surface area contributed by atoms with Crippen molar-refractivity contribution in [1.82, 2.24) is 26.0 Å². The van der Waals surface area contributed by atoms with Crippen LogP contribution < -0.4 is 21.5 Å². The van der Waals surface area contributed by atoms with Crippen molar-refractivity contribution in [3.63, 3.8) is 0 Å². The zero-order valence-corrected chi connectivity index (χ0v) is 30.5. The Morgan fingerprint density at radius 3 is 2.37 bits per heavy atom. The number of β-lactam (4-membered cyclic amide) rings is 1. The van der Waals surface area contributed by atoms with Crippen LogP contribution in [-0.4, -0.2) is 106 Å². The highest BCUT2D eigenvalue weighted by atomic mass is 16.5. The van der Waals surface area contributed by atoms with Gasteiger partial charge in [0.25, 0.3) is 11.5 Å². The molecule has 3 aliphatic heterocycles. The number of amides is 4. The largest absolute Gasteiger partial charge is 0.373 e. The van der Waals surface area contributed by atoms with Gasteiger partial charge in [0.1, 0.15) is 17.9 Å². The zero-order valence-electron chi connectivity index (χ0n) is 30.5. The molecule has 3 saturated heterocycles. The van der Waals surface area contributed by atoms with Crippen molar-refractivity contribution in [3.05, 3.63) is 22.2 Å². The zero-order chi connectivity index (χ0) is 36.8. The molecule has 14 nitrogen and oxygen atoms in total. The summed E-state index contributed by atoms with van der Waals surface area (Å²) in [5, 5.41) is 11.4. The topological polar surface area (TPSA) is 188 Å². The third-order valence-electron chi connectivity index (χ3n) is 12.6. The maximum absolute atomic E-state index is 14.7. The highest BCUT2D eigenvalue weighted by molar-refractivity contribution is 5.95. The summed E-state index contributed by atoms with van der Waals surface area (Å²) in [6.45, 7) is 8.58. The molecule has 2 aliphatic carbocycles. The van der Waals surface area contributed by atoms with Gasteiger partial charge in [0.2, 0.25) is 23.6 Å². The van der Waals surface area contributed by atoms with Gasteiger partial charge in [0, 0.05) is 37.9 Å². The minimum absolute atomic E-state index is 0.0105. The molecule has 0 bridgehead atoms. The fourth-order valence-electron chi connectivity index (χ4n) is 9.79. The van der Waals surface area contributed by atoms with Crippen LogP contribution in [0.5, 0.6) is 0 Å². The number of hydrogen-bond donors (Lipinski definition) is 4. The molecule has 4 heterocycles. The molecule has 6 rings (SSSR count). The van der Waals surface area contributed by atoms with Crippen LogP contribution in [0.4, 0.5) is 0 Å². The number of nitrogens with one attached hydrogen (secondary N) is 4. The molecular weight excluding hydrogens is 656 g/mol. The van der Waals surface area contributed by atoms with E-state index in [1.54, 1.807) is 4.90 Å². The number of aromatic amines is 1. The van der Waals surface area contributed by atoms with Gasteiger partial charge in [-0.1, -0.05) is 53.4 Å². The van der Waals surface area contributed by atoms with Gasteiger partial charge in [-0.05, 0) is 43.4 Å². The fourth-order valence-corrected chi connectivity index (χ4v) is 9.79. The number of likely N-dealkylation sites (tertiary alicyclic amines) is 1. The molecule has 1 unspecified atom stereocenters. The van der Waals surface area contributed by atoms with E-state index in [4.69, 9.17) is 4.52 Å². The molecule has 5 aliphatic rings. The number of H-pyrrole nitrogens is 1. The van der Waals surface area contributed by atoms with Gasteiger partial charge in [0.15, 0.2) is 11.8 Å². The molecule has 0 aromatic carbocycles. The van der Waals surface area contributed by atoms with Crippen molar-refractivity contribution in [2.45, 2.75) is 140 Å². The molecule has 0 radical (unpaired) electrons. The minimum atomic E-state index is -1.39. The van der Waals surface area contributed by atoms with E-state index >= 15 is 0 Å². The molecule has 5 fully saturated rings. The maximum atomic E-state index is 14.7. The van der Waals surface area contributed by atoms with E-state index in [1.165, 1.54) is 0 Å². The van der Waals surface area contributed by atoms with Gasteiger partial charge >= 0.3 is 5.91 Å². The Bertz CT molecular complexity index is 1590. The molecule has 7 atom stereocenters. The number of hydrogen-bond acceptors (Lipinski definition) is 9. The third kappa shape index (κ3) is 6.51. The van der Waals surface area contributed by atoms with E-state index in [1.807, 2.05) is 27.7 Å². The number of aldehydes is 2. The monoisotopic (exact) mass is 711 g/mol. The average molecular weight is 712 g/mol. The molecule has 51 heavy (non-hydrogen) atoms. The second kappa shape index (κ2) is 14.1. The van der Waals surface area contributed by atoms with Crippen molar-refractivity contribution in [3.8, 4) is 0 Å². The fraction of sp³-hybridized carbons (Fsp3) is 0.757. The van der Waals surface area contributed by atoms with Gasteiger partial charge < -0.3 is 30.2 Å². The van der Waals surface area contributed by atoms with Crippen LogP contribution in [0.15, 0.2) is 15.4 Å². The molecule has 14 heteroatoms. The van der Waals surface area contributed by atoms with Crippen LogP contribution in [0.25, 0.3) is 0 Å². The van der Waals surface area contributed by atoms with Crippen LogP contribution in [0, 0.1) is 17.3 Å². The third-order valence-corrected chi connectivity index (χ3v) is 12.6. The first-order valence-electron chi connectivity index (χ1n) is 18.9. The number of nitrogens with zero attached hydrogens (tertiary/aromatic N) is 2. The number of carbonyl (C=O) groups excluding carboxylic acids is 6. The van der Waals surface area contributed by atoms with Crippen LogP contribution in [0.3, 0.4) is 0 Å². The Labute approximate surface area is 298 Å². The summed E-state index contributed by atoms with van der Waals surface area (Å²) in [5.74, 6) is -1.79. The summed E-state index contributed by atoms with van der Waals surface area (Å²) in [6, 6.07) is -0.615. The highest BCUT2D eigenvalue weighted by Crippen LogP contribution is 2.56. The number of carbonyl (C=O) groups is 6. The standard InChI is InChI=1S/C37H54N6O8/c1-5-6-15-36(21-44,18-28(47)39-25-12-13-25)43-16-14-23-19-42(29(30(23)43)34(43)50)33(49)31(35(2,3)4)38-20-37(22-45,24-10-8-7-9-11-24)40-32(48)26-17-27(46)41-51-26/h17,21-25,29-31,38H,5-16,18-20H2,1-4H3,(H2-,39,40,41,46,47,48)/p+1/t23-,29-,30-,31+,36+,37+,43?/m0/s1. The Balaban J connectivity index is 1.25. The smallest absolute Gasteiger partial charge is 0.343 e. The van der Waals surface area contributed by atoms with Gasteiger partial charge in [-0.15, -0.1) is 0 Å². The molecule has 4 N–H and O–H groups in total. The van der Waals surface area contributed by atoms with Crippen LogP contribution in [0.2, 0.25) is 0 Å². The van der Waals surface area contributed by atoms with Gasteiger partial charge in [-0.2, -0.15) is 5.16 Å². The van der Waals surface area contributed by atoms with Crippen molar-refractivity contribution in [1.29, 1.82) is 0 Å². The van der Waals surface area contributed by atoms with Crippen molar-refractivity contribution in [2.75, 3.05) is 19.6 Å². The lowest BCUT2D eigenvalue weighted by Crippen LogP contribution is -2.85. The van der Waals surface area contributed by atoms with Gasteiger partial charge in [-0.25, -0.2) is 9.28 Å². The van der Waals surface area contributed by atoms with Crippen LogP contribution in [0.1, 0.15) is 115 Å². The van der Waals surface area contributed by atoms with E-state index in [-0.39, 0.29) is 64.8 Å². The maximum Gasteiger partial charge on any atom is 0.343 e. The Kier molecular flexibility index (Phi) is 10.2. The minimum Gasteiger partial charge on any atom is -0.373 e. The molecule has 1 aromatic heterocycles. The SMILES string of the molecule is CCCC[C@](C=O)(CC(=O)NC1CC1)[N+]12CC[C@H]3CN(C(=O)[C@@H](NC[C@](C=O)(NC(=O)c4cc(=O)[nH]o4)C4CCCCC4)C(C)(C)C)[C@H](C1=O)[C@H]32. The average Bonchev–Trinajstić information content (AvgIpc) is 3.53. The second-order valence-electron chi connectivity index (χ2n) is 17.0. The van der Waals surface area contributed by atoms with Crippen LogP contribution >= 0.6 is 0 Å². The predicted octanol–water partition coefficient (Wildman–Crippen LogP) is 1.97. The molecule has 1 aromatic rings. The first kappa shape index (κ1) is 37.1. The van der Waals surface area contributed by atoms with E-state index < -0.39 is 40.0 Å². The van der Waals surface area contributed by atoms with Gasteiger partial charge in [0.05, 0.1) is 25.1 Å². The number of quaternary nitrogens is 1. The Hall–Kier alpha value is -3.65. The lowest BCUT2D eigenvalue weighted by molar-refractivity contribution is -0.935. The summed E-state index contributed by atoms with van der Waals surface area (Å²) in [7, 11) is 0. The summed E-state index contributed by atoms with van der Waals surface area (Å²) in [5.41, 5.74) is -3.79. The predicted molar refractivity (Wildman–Crippen MR) is 185 cm³/mol. The van der Waals surface area contributed by atoms with E-state index in [0.29, 0.717) is 45.2 Å². The van der Waals surface area contributed by atoms with E-state index in [9.17, 15) is 33.6 Å². The molecule has 2 saturated carbocycles. The second-order valence-corrected chi connectivity index (χ2v) is 17.0. The molecular formula is C37H55N6O8+. The quantitative estimate of drug-likeness (QED) is 0.113. The summed E-state index contributed by atoms with van der Waals surface area (Å²) >= 11 is 0. The van der Waals surface area contributed by atoms with Crippen LogP contribution in [-0.2, 0) is 24.0 Å². The summed E-state index contributed by atoms with van der Waals surface area (Å²) < 4.78 is 4.97. The lowest BCUT2D eigenvalue weighted by Gasteiger charge is -2.58.